The van der Waals surface area contributed by atoms with Crippen molar-refractivity contribution in [1.29, 1.82) is 0 Å². The summed E-state index contributed by atoms with van der Waals surface area (Å²) in [6.45, 7) is 1.74. The third kappa shape index (κ3) is 2.42. The van der Waals surface area contributed by atoms with Crippen LogP contribution in [0.4, 0.5) is 0 Å². The van der Waals surface area contributed by atoms with E-state index in [0.29, 0.717) is 19.3 Å². The molecular weight excluding hydrogens is 172 g/mol. The summed E-state index contributed by atoms with van der Waals surface area (Å²) in [5.41, 5.74) is 4.67. The molecule has 0 radical (unpaired) electrons. The summed E-state index contributed by atoms with van der Waals surface area (Å²) < 4.78 is 5.08. The number of hydrogen-bond donors (Lipinski definition) is 2. The van der Waals surface area contributed by atoms with Gasteiger partial charge in [-0.3, -0.25) is 9.59 Å². The minimum atomic E-state index is -0.433. The predicted molar refractivity (Wildman–Crippen MR) is 45.8 cm³/mol. The quantitative estimate of drug-likeness (QED) is 0.443. The van der Waals surface area contributed by atoms with E-state index in [1.807, 2.05) is 6.92 Å². The van der Waals surface area contributed by atoms with Crippen molar-refractivity contribution in [2.45, 2.75) is 31.4 Å². The maximum atomic E-state index is 10.8. The highest BCUT2D eigenvalue weighted by Gasteiger charge is 2.43. The van der Waals surface area contributed by atoms with Crippen molar-refractivity contribution in [3.05, 3.63) is 0 Å². The molecule has 5 heteroatoms. The molecule has 1 rings (SSSR count). The molecule has 1 aliphatic carbocycles. The molecule has 13 heavy (non-hydrogen) atoms. The number of carbonyl (C=O) groups is 2. The molecule has 0 aromatic carbocycles. The lowest BCUT2D eigenvalue weighted by Crippen LogP contribution is -2.54. The molecule has 0 bridgehead atoms. The van der Waals surface area contributed by atoms with Gasteiger partial charge in [-0.15, -0.1) is 0 Å². The summed E-state index contributed by atoms with van der Waals surface area (Å²) in [5.74, 6) is -0.396. The lowest BCUT2D eigenvalue weighted by molar-refractivity contribution is -0.167. The maximum Gasteiger partial charge on any atom is 0.320 e. The Balaban J connectivity index is 2.29. The van der Waals surface area contributed by atoms with Crippen LogP contribution in [-0.2, 0) is 14.3 Å². The Morgan fingerprint density at radius 3 is 2.85 bits per heavy atom. The Hall–Kier alpha value is -1.10. The van der Waals surface area contributed by atoms with Gasteiger partial charge in [-0.25, -0.2) is 0 Å². The van der Waals surface area contributed by atoms with Gasteiger partial charge < -0.3 is 15.8 Å². The summed E-state index contributed by atoms with van der Waals surface area (Å²) in [6.07, 6.45) is 1.99. The first kappa shape index (κ1) is 9.98. The van der Waals surface area contributed by atoms with Crippen LogP contribution < -0.4 is 11.1 Å². The van der Waals surface area contributed by atoms with Crippen LogP contribution >= 0.6 is 0 Å². The fraction of sp³-hybridized carbons (Fsp3) is 0.750. The van der Waals surface area contributed by atoms with Crippen molar-refractivity contribution < 1.29 is 14.3 Å². The van der Waals surface area contributed by atoms with Gasteiger partial charge in [0, 0.05) is 18.9 Å². The minimum Gasteiger partial charge on any atom is -0.458 e. The van der Waals surface area contributed by atoms with Crippen molar-refractivity contribution in [1.82, 2.24) is 5.32 Å². The maximum absolute atomic E-state index is 10.8. The molecule has 0 aromatic rings. The fourth-order valence-corrected chi connectivity index (χ4v) is 1.60. The topological polar surface area (TPSA) is 81.4 Å². The van der Waals surface area contributed by atoms with E-state index in [1.54, 1.807) is 0 Å². The Morgan fingerprint density at radius 2 is 2.38 bits per heavy atom. The van der Waals surface area contributed by atoms with E-state index < -0.39 is 11.6 Å². The smallest absolute Gasteiger partial charge is 0.320 e. The van der Waals surface area contributed by atoms with E-state index in [2.05, 4.69) is 5.32 Å². The van der Waals surface area contributed by atoms with Gasteiger partial charge in [0.15, 0.2) is 0 Å². The van der Waals surface area contributed by atoms with E-state index in [4.69, 9.17) is 10.5 Å². The lowest BCUT2D eigenvalue weighted by Gasteiger charge is -2.43. The van der Waals surface area contributed by atoms with Gasteiger partial charge in [0.2, 0.25) is 6.41 Å². The van der Waals surface area contributed by atoms with Crippen LogP contribution in [0.15, 0.2) is 0 Å². The second-order valence-electron chi connectivity index (χ2n) is 3.52. The number of hydrogen-bond acceptors (Lipinski definition) is 4. The molecule has 1 aliphatic rings. The first-order valence-electron chi connectivity index (χ1n) is 4.21. The molecule has 0 aliphatic heterocycles. The number of nitrogens with one attached hydrogen (secondary N) is 1. The number of ether oxygens (including phenoxy) is 1. The van der Waals surface area contributed by atoms with Crippen molar-refractivity contribution in [2.24, 2.45) is 5.73 Å². The van der Waals surface area contributed by atoms with Crippen molar-refractivity contribution in [2.75, 3.05) is 6.54 Å². The van der Waals surface area contributed by atoms with Gasteiger partial charge in [0.1, 0.15) is 5.60 Å². The van der Waals surface area contributed by atoms with Crippen LogP contribution in [0.1, 0.15) is 19.8 Å². The summed E-state index contributed by atoms with van der Waals surface area (Å²) >= 11 is 0. The van der Waals surface area contributed by atoms with Gasteiger partial charge in [-0.2, -0.15) is 0 Å². The van der Waals surface area contributed by atoms with Crippen LogP contribution in [0.3, 0.4) is 0 Å². The summed E-state index contributed by atoms with van der Waals surface area (Å²) in [6, 6.07) is 0.132. The van der Waals surface area contributed by atoms with Gasteiger partial charge in [-0.05, 0) is 6.92 Å². The third-order valence-electron chi connectivity index (χ3n) is 2.19. The van der Waals surface area contributed by atoms with Crippen LogP contribution in [0.25, 0.3) is 0 Å². The predicted octanol–water partition coefficient (Wildman–Crippen LogP) is -0.845. The van der Waals surface area contributed by atoms with Crippen molar-refractivity contribution in [3.63, 3.8) is 0 Å². The van der Waals surface area contributed by atoms with E-state index in [-0.39, 0.29) is 12.6 Å². The molecule has 1 amide bonds. The van der Waals surface area contributed by atoms with Gasteiger partial charge in [0.25, 0.3) is 0 Å². The van der Waals surface area contributed by atoms with Crippen LogP contribution in [-0.4, -0.2) is 30.6 Å². The molecular formula is C8H14N2O3. The zero-order valence-electron chi connectivity index (χ0n) is 7.58. The zero-order chi connectivity index (χ0) is 9.90. The highest BCUT2D eigenvalue weighted by atomic mass is 16.6. The van der Waals surface area contributed by atoms with Gasteiger partial charge >= 0.3 is 5.97 Å². The average molecular weight is 186 g/mol. The molecule has 1 fully saturated rings. The molecule has 0 unspecified atom stereocenters. The molecule has 1 saturated carbocycles. The highest BCUT2D eigenvalue weighted by Crippen LogP contribution is 2.35. The third-order valence-corrected chi connectivity index (χ3v) is 2.19. The standard InChI is InChI=1S/C8H14N2O3/c1-8(13-7(12)4-9)2-6(3-8)10-5-11/h5-6H,2-4,9H2,1H3,(H,10,11). The molecule has 5 nitrogen and oxygen atoms in total. The first-order chi connectivity index (χ1) is 6.09. The number of rotatable bonds is 4. The number of amides is 1. The summed E-state index contributed by atoms with van der Waals surface area (Å²) in [5, 5.41) is 2.63. The second kappa shape index (κ2) is 3.74. The zero-order valence-corrected chi connectivity index (χ0v) is 7.58. The van der Waals surface area contributed by atoms with E-state index in [9.17, 15) is 9.59 Å². The van der Waals surface area contributed by atoms with Crippen LogP contribution in [0.2, 0.25) is 0 Å². The van der Waals surface area contributed by atoms with Crippen molar-refractivity contribution >= 4 is 12.4 Å². The molecule has 0 aromatic heterocycles. The van der Waals surface area contributed by atoms with E-state index >= 15 is 0 Å². The molecule has 74 valence electrons. The van der Waals surface area contributed by atoms with Gasteiger partial charge in [-0.1, -0.05) is 0 Å². The van der Waals surface area contributed by atoms with Crippen LogP contribution in [0.5, 0.6) is 0 Å². The SMILES string of the molecule is CC1(OC(=O)CN)CC(NC=O)C1. The Morgan fingerprint density at radius 1 is 1.77 bits per heavy atom. The Labute approximate surface area is 76.6 Å². The molecule has 0 spiro atoms. The number of carbonyl (C=O) groups excluding carboxylic acids is 2. The average Bonchev–Trinajstić information content (AvgIpc) is 2.02. The summed E-state index contributed by atoms with van der Waals surface area (Å²) in [4.78, 5) is 20.9. The number of nitrogens with two attached hydrogens (primary N) is 1. The van der Waals surface area contributed by atoms with Crippen LogP contribution in [0, 0.1) is 0 Å². The highest BCUT2D eigenvalue weighted by molar-refractivity contribution is 5.72. The van der Waals surface area contributed by atoms with Crippen molar-refractivity contribution in [3.8, 4) is 0 Å². The van der Waals surface area contributed by atoms with Gasteiger partial charge in [0.05, 0.1) is 6.54 Å². The largest absolute Gasteiger partial charge is 0.458 e. The molecule has 0 saturated heterocycles. The Kier molecular flexibility index (Phi) is 2.87. The number of esters is 1. The Bertz CT molecular complexity index is 211. The minimum absolute atomic E-state index is 0.0959. The second-order valence-corrected chi connectivity index (χ2v) is 3.52. The molecule has 0 atom stereocenters. The fourth-order valence-electron chi connectivity index (χ4n) is 1.60. The normalized spacial score (nSPS) is 31.7. The van der Waals surface area contributed by atoms with E-state index in [0.717, 1.165) is 0 Å². The molecule has 3 N–H and O–H groups in total. The summed E-state index contributed by atoms with van der Waals surface area (Å²) in [7, 11) is 0. The van der Waals surface area contributed by atoms with E-state index in [1.165, 1.54) is 0 Å². The monoisotopic (exact) mass is 186 g/mol. The first-order valence-corrected chi connectivity index (χ1v) is 4.21. The lowest BCUT2D eigenvalue weighted by atomic mass is 9.77. The molecule has 0 heterocycles.